The average Bonchev–Trinajstić information content (AvgIpc) is 3.28. The fourth-order valence-electron chi connectivity index (χ4n) is 2.58. The molecule has 2 aromatic carbocycles. The zero-order valence-electron chi connectivity index (χ0n) is 16.4. The summed E-state index contributed by atoms with van der Waals surface area (Å²) in [6.07, 6.45) is 0.682. The van der Waals surface area contributed by atoms with Crippen molar-refractivity contribution in [1.82, 2.24) is 0 Å². The molecule has 0 spiro atoms. The highest BCUT2D eigenvalue weighted by Gasteiger charge is 2.20. The number of carbonyl (C=O) groups excluding carboxylic acids is 1. The zero-order chi connectivity index (χ0) is 20.5. The van der Waals surface area contributed by atoms with Crippen LogP contribution in [0, 0.1) is 11.8 Å². The maximum atomic E-state index is 12.6. The van der Waals surface area contributed by atoms with E-state index in [0.717, 1.165) is 16.2 Å². The summed E-state index contributed by atoms with van der Waals surface area (Å²) in [5.41, 5.74) is 1.12. The van der Waals surface area contributed by atoms with Crippen LogP contribution in [0.15, 0.2) is 70.9 Å². The first kappa shape index (κ1) is 21.0. The van der Waals surface area contributed by atoms with Crippen molar-refractivity contribution in [2.45, 2.75) is 30.4 Å². The van der Waals surface area contributed by atoms with Crippen LogP contribution in [0.4, 0.5) is 0 Å². The number of thioether (sulfide) groups is 1. The van der Waals surface area contributed by atoms with Crippen LogP contribution in [0.5, 0.6) is 11.5 Å². The van der Waals surface area contributed by atoms with Crippen LogP contribution in [0.1, 0.15) is 20.3 Å². The molecular formula is C24H22O3S2. The van der Waals surface area contributed by atoms with E-state index < -0.39 is 0 Å². The molecule has 0 saturated heterocycles. The van der Waals surface area contributed by atoms with E-state index in [9.17, 15) is 4.79 Å². The summed E-state index contributed by atoms with van der Waals surface area (Å²) in [5, 5.41) is 1.77. The molecule has 0 aliphatic rings. The molecule has 1 aromatic heterocycles. The third-order valence-electron chi connectivity index (χ3n) is 4.10. The van der Waals surface area contributed by atoms with Gasteiger partial charge in [0.05, 0.1) is 0 Å². The van der Waals surface area contributed by atoms with E-state index in [2.05, 4.69) is 17.9 Å². The Kier molecular flexibility index (Phi) is 7.80. The van der Waals surface area contributed by atoms with E-state index in [0.29, 0.717) is 18.8 Å². The molecular weight excluding hydrogens is 400 g/mol. The molecule has 0 radical (unpaired) electrons. The molecule has 5 heteroatoms. The van der Waals surface area contributed by atoms with Gasteiger partial charge in [0.2, 0.25) is 0 Å². The van der Waals surface area contributed by atoms with Gasteiger partial charge in [0.1, 0.15) is 23.4 Å². The number of esters is 1. The van der Waals surface area contributed by atoms with Crippen LogP contribution < -0.4 is 9.47 Å². The molecule has 0 fully saturated rings. The molecule has 3 rings (SSSR count). The van der Waals surface area contributed by atoms with Crippen LogP contribution in [0.2, 0.25) is 0 Å². The van der Waals surface area contributed by atoms with Crippen molar-refractivity contribution in [2.75, 3.05) is 6.61 Å². The van der Waals surface area contributed by atoms with Crippen molar-refractivity contribution >= 4 is 29.1 Å². The van der Waals surface area contributed by atoms with Crippen molar-refractivity contribution in [2.24, 2.45) is 0 Å². The molecule has 1 atom stereocenters. The lowest BCUT2D eigenvalue weighted by atomic mass is 10.2. The largest absolute Gasteiger partial charge is 0.481 e. The second-order valence-corrected chi connectivity index (χ2v) is 8.35. The van der Waals surface area contributed by atoms with Gasteiger partial charge in [-0.1, -0.05) is 18.9 Å². The van der Waals surface area contributed by atoms with Crippen molar-refractivity contribution in [3.05, 3.63) is 66.0 Å². The Morgan fingerprint density at radius 1 is 1.07 bits per heavy atom. The second-order valence-electron chi connectivity index (χ2n) is 6.12. The van der Waals surface area contributed by atoms with Crippen molar-refractivity contribution in [1.29, 1.82) is 0 Å². The summed E-state index contributed by atoms with van der Waals surface area (Å²) in [6, 6.07) is 19.4. The van der Waals surface area contributed by atoms with E-state index in [4.69, 9.17) is 9.47 Å². The molecule has 3 nitrogen and oxygen atoms in total. The monoisotopic (exact) mass is 422 g/mol. The number of carbonyl (C=O) groups is 1. The molecule has 0 saturated carbocycles. The molecule has 0 aliphatic heterocycles. The van der Waals surface area contributed by atoms with Gasteiger partial charge in [-0.2, -0.15) is 0 Å². The van der Waals surface area contributed by atoms with Gasteiger partial charge in [-0.15, -0.1) is 29.0 Å². The minimum atomic E-state index is -0.273. The van der Waals surface area contributed by atoms with E-state index in [1.165, 1.54) is 16.6 Å². The standard InChI is InChI=1S/C24H22O3S2/c1-3-5-16-26-19-12-14-21(15-13-19)29-22(4-2)24(25)27-20-10-8-18(9-11-20)23-7-6-17-28-23/h6-15,17,22H,4,16H2,1-2H3. The first-order valence-corrected chi connectivity index (χ1v) is 11.1. The Morgan fingerprint density at radius 2 is 1.79 bits per heavy atom. The van der Waals surface area contributed by atoms with E-state index >= 15 is 0 Å². The van der Waals surface area contributed by atoms with E-state index in [-0.39, 0.29) is 11.2 Å². The molecule has 0 amide bonds. The molecule has 0 N–H and O–H groups in total. The molecule has 29 heavy (non-hydrogen) atoms. The smallest absolute Gasteiger partial charge is 0.324 e. The second kappa shape index (κ2) is 10.8. The van der Waals surface area contributed by atoms with Crippen LogP contribution in [0.3, 0.4) is 0 Å². The fraction of sp³-hybridized carbons (Fsp3) is 0.208. The maximum Gasteiger partial charge on any atom is 0.324 e. The summed E-state index contributed by atoms with van der Waals surface area (Å²) < 4.78 is 11.1. The Balaban J connectivity index is 1.57. The quantitative estimate of drug-likeness (QED) is 0.185. The Labute approximate surface area is 180 Å². The summed E-state index contributed by atoms with van der Waals surface area (Å²) in [5.74, 6) is 6.75. The van der Waals surface area contributed by atoms with Crippen LogP contribution >= 0.6 is 23.1 Å². The summed E-state index contributed by atoms with van der Waals surface area (Å²) in [6.45, 7) is 4.14. The maximum absolute atomic E-state index is 12.6. The lowest BCUT2D eigenvalue weighted by molar-refractivity contribution is -0.133. The van der Waals surface area contributed by atoms with Gasteiger partial charge in [-0.05, 0) is 78.9 Å². The van der Waals surface area contributed by atoms with Crippen LogP contribution in [-0.2, 0) is 4.79 Å². The van der Waals surface area contributed by atoms with Crippen molar-refractivity contribution < 1.29 is 14.3 Å². The van der Waals surface area contributed by atoms with Crippen molar-refractivity contribution in [3.8, 4) is 33.8 Å². The Hall–Kier alpha value is -2.68. The summed E-state index contributed by atoms with van der Waals surface area (Å²) >= 11 is 3.18. The third kappa shape index (κ3) is 6.15. The molecule has 0 aliphatic carbocycles. The molecule has 3 aromatic rings. The molecule has 1 heterocycles. The molecule has 0 bridgehead atoms. The predicted molar refractivity (Wildman–Crippen MR) is 121 cm³/mol. The minimum absolute atomic E-state index is 0.236. The SMILES string of the molecule is CC#CCOc1ccc(SC(CC)C(=O)Oc2ccc(-c3cccs3)cc2)cc1. The highest BCUT2D eigenvalue weighted by Crippen LogP contribution is 2.30. The lowest BCUT2D eigenvalue weighted by Gasteiger charge is -2.14. The van der Waals surface area contributed by atoms with Gasteiger partial charge in [0, 0.05) is 9.77 Å². The van der Waals surface area contributed by atoms with Crippen LogP contribution in [0.25, 0.3) is 10.4 Å². The number of ether oxygens (including phenoxy) is 2. The Morgan fingerprint density at radius 3 is 2.41 bits per heavy atom. The number of benzene rings is 2. The molecule has 148 valence electrons. The number of hydrogen-bond donors (Lipinski definition) is 0. The van der Waals surface area contributed by atoms with Crippen LogP contribution in [-0.4, -0.2) is 17.8 Å². The average molecular weight is 423 g/mol. The Bertz CT molecular complexity index is 966. The summed E-state index contributed by atoms with van der Waals surface area (Å²) in [7, 11) is 0. The van der Waals surface area contributed by atoms with E-state index in [1.54, 1.807) is 18.3 Å². The highest BCUT2D eigenvalue weighted by molar-refractivity contribution is 8.00. The first-order chi connectivity index (χ1) is 14.2. The lowest BCUT2D eigenvalue weighted by Crippen LogP contribution is -2.22. The van der Waals surface area contributed by atoms with E-state index in [1.807, 2.05) is 66.9 Å². The zero-order valence-corrected chi connectivity index (χ0v) is 18.0. The number of rotatable bonds is 8. The van der Waals surface area contributed by atoms with Gasteiger partial charge < -0.3 is 9.47 Å². The van der Waals surface area contributed by atoms with Crippen molar-refractivity contribution in [3.63, 3.8) is 0 Å². The summed E-state index contributed by atoms with van der Waals surface area (Å²) in [4.78, 5) is 14.8. The topological polar surface area (TPSA) is 35.5 Å². The van der Waals surface area contributed by atoms with Gasteiger partial charge in [0.25, 0.3) is 0 Å². The van der Waals surface area contributed by atoms with Gasteiger partial charge in [0.15, 0.2) is 0 Å². The van der Waals surface area contributed by atoms with Gasteiger partial charge in [-0.3, -0.25) is 4.79 Å². The highest BCUT2D eigenvalue weighted by atomic mass is 32.2. The third-order valence-corrected chi connectivity index (χ3v) is 6.38. The minimum Gasteiger partial charge on any atom is -0.481 e. The molecule has 1 unspecified atom stereocenters. The normalized spacial score (nSPS) is 11.2. The fourth-order valence-corrected chi connectivity index (χ4v) is 4.25. The number of thiophene rings is 1. The number of hydrogen-bond acceptors (Lipinski definition) is 5. The van der Waals surface area contributed by atoms with Gasteiger partial charge >= 0.3 is 5.97 Å². The predicted octanol–water partition coefficient (Wildman–Crippen LogP) is 6.29. The van der Waals surface area contributed by atoms with Gasteiger partial charge in [-0.25, -0.2) is 0 Å². The first-order valence-electron chi connectivity index (χ1n) is 9.34.